The lowest BCUT2D eigenvalue weighted by Gasteiger charge is -2.23. The first-order valence-electron chi connectivity index (χ1n) is 11.8. The Morgan fingerprint density at radius 3 is 1.19 bits per heavy atom. The summed E-state index contributed by atoms with van der Waals surface area (Å²) in [5.41, 5.74) is 0.713. The minimum atomic E-state index is 0.245. The molecule has 0 aromatic carbocycles. The van der Waals surface area contributed by atoms with Crippen LogP contribution in [-0.2, 0) is 4.79 Å². The summed E-state index contributed by atoms with van der Waals surface area (Å²) in [6.45, 7) is 6.84. The minimum Gasteiger partial charge on any atom is -0.331 e. The van der Waals surface area contributed by atoms with Gasteiger partial charge in [-0.25, -0.2) is 0 Å². The maximum absolute atomic E-state index is 11.4. The fraction of sp³-hybridized carbons (Fsp3) is 0.880. The number of hydrogen-bond acceptors (Lipinski definition) is 1. The van der Waals surface area contributed by atoms with Crippen molar-refractivity contribution in [3.8, 4) is 0 Å². The van der Waals surface area contributed by atoms with Crippen LogP contribution >= 0.6 is 0 Å². The zero-order valence-electron chi connectivity index (χ0n) is 19.3. The highest BCUT2D eigenvalue weighted by Crippen LogP contribution is 2.14. The predicted molar refractivity (Wildman–Crippen MR) is 121 cm³/mol. The van der Waals surface area contributed by atoms with Gasteiger partial charge < -0.3 is 4.48 Å². The SMILES string of the molecule is C=C(C)C(=O)CCCCCCCCCCCCCCCCCC[N+](C)(C)C. The van der Waals surface area contributed by atoms with Gasteiger partial charge in [-0.15, -0.1) is 0 Å². The highest BCUT2D eigenvalue weighted by atomic mass is 16.1. The molecule has 0 radical (unpaired) electrons. The largest absolute Gasteiger partial charge is 0.331 e. The highest BCUT2D eigenvalue weighted by Gasteiger charge is 2.05. The van der Waals surface area contributed by atoms with Crippen molar-refractivity contribution in [1.29, 1.82) is 0 Å². The summed E-state index contributed by atoms with van der Waals surface area (Å²) in [6, 6.07) is 0. The van der Waals surface area contributed by atoms with E-state index in [1.54, 1.807) is 0 Å². The van der Waals surface area contributed by atoms with Crippen LogP contribution in [0.3, 0.4) is 0 Å². The smallest absolute Gasteiger partial charge is 0.157 e. The van der Waals surface area contributed by atoms with Crippen molar-refractivity contribution in [1.82, 2.24) is 0 Å². The number of hydrogen-bond donors (Lipinski definition) is 0. The summed E-state index contributed by atoms with van der Waals surface area (Å²) in [7, 11) is 6.86. The van der Waals surface area contributed by atoms with E-state index in [4.69, 9.17) is 0 Å². The quantitative estimate of drug-likeness (QED) is 0.122. The van der Waals surface area contributed by atoms with Crippen molar-refractivity contribution in [2.75, 3.05) is 27.7 Å². The molecular weight excluding hydrogens is 330 g/mol. The molecule has 0 aliphatic carbocycles. The van der Waals surface area contributed by atoms with Crippen molar-refractivity contribution >= 4 is 5.78 Å². The highest BCUT2D eigenvalue weighted by molar-refractivity contribution is 5.93. The van der Waals surface area contributed by atoms with Crippen molar-refractivity contribution in [2.45, 2.75) is 116 Å². The van der Waals surface area contributed by atoms with Gasteiger partial charge in [0.2, 0.25) is 0 Å². The number of rotatable bonds is 20. The van der Waals surface area contributed by atoms with E-state index >= 15 is 0 Å². The topological polar surface area (TPSA) is 17.1 Å². The van der Waals surface area contributed by atoms with Crippen molar-refractivity contribution in [3.05, 3.63) is 12.2 Å². The molecule has 0 aliphatic heterocycles. The number of nitrogens with zero attached hydrogens (tertiary/aromatic N) is 1. The summed E-state index contributed by atoms with van der Waals surface area (Å²) < 4.78 is 1.11. The van der Waals surface area contributed by atoms with Crippen molar-refractivity contribution in [3.63, 3.8) is 0 Å². The van der Waals surface area contributed by atoms with E-state index in [1.165, 1.54) is 103 Å². The molecule has 0 N–H and O–H groups in total. The molecule has 0 amide bonds. The lowest BCUT2D eigenvalue weighted by atomic mass is 10.0. The molecule has 2 heteroatoms. The van der Waals surface area contributed by atoms with Gasteiger partial charge in [0.1, 0.15) is 0 Å². The molecule has 0 atom stereocenters. The molecule has 2 nitrogen and oxygen atoms in total. The van der Waals surface area contributed by atoms with Gasteiger partial charge in [0.05, 0.1) is 27.7 Å². The Labute approximate surface area is 171 Å². The zero-order chi connectivity index (χ0) is 20.4. The molecule has 0 aliphatic rings. The molecule has 0 fully saturated rings. The summed E-state index contributed by atoms with van der Waals surface area (Å²) in [4.78, 5) is 11.4. The third-order valence-electron chi connectivity index (χ3n) is 5.46. The van der Waals surface area contributed by atoms with E-state index in [0.717, 1.165) is 10.9 Å². The lowest BCUT2D eigenvalue weighted by Crippen LogP contribution is -2.35. The first-order chi connectivity index (χ1) is 12.8. The fourth-order valence-corrected chi connectivity index (χ4v) is 3.56. The Morgan fingerprint density at radius 1 is 0.593 bits per heavy atom. The Morgan fingerprint density at radius 2 is 0.889 bits per heavy atom. The van der Waals surface area contributed by atoms with E-state index in [0.29, 0.717) is 12.0 Å². The van der Waals surface area contributed by atoms with Gasteiger partial charge in [-0.1, -0.05) is 90.0 Å². The van der Waals surface area contributed by atoms with Gasteiger partial charge in [0.15, 0.2) is 5.78 Å². The van der Waals surface area contributed by atoms with Crippen molar-refractivity contribution < 1.29 is 9.28 Å². The molecule has 0 spiro atoms. The van der Waals surface area contributed by atoms with Gasteiger partial charge in [-0.3, -0.25) is 4.79 Å². The van der Waals surface area contributed by atoms with Crippen LogP contribution in [-0.4, -0.2) is 38.0 Å². The average Bonchev–Trinajstić information content (AvgIpc) is 2.59. The summed E-state index contributed by atoms with van der Waals surface area (Å²) in [5, 5.41) is 0. The Hall–Kier alpha value is -0.630. The molecule has 0 heterocycles. The van der Waals surface area contributed by atoms with Crippen LogP contribution in [0.4, 0.5) is 0 Å². The Balaban J connectivity index is 3.11. The van der Waals surface area contributed by atoms with Gasteiger partial charge in [0, 0.05) is 6.42 Å². The van der Waals surface area contributed by atoms with Crippen LogP contribution in [0.15, 0.2) is 12.2 Å². The number of unbranched alkanes of at least 4 members (excludes halogenated alkanes) is 15. The third kappa shape index (κ3) is 21.5. The van der Waals surface area contributed by atoms with Crippen LogP contribution in [0.25, 0.3) is 0 Å². The Bertz CT molecular complexity index is 367. The van der Waals surface area contributed by atoms with Crippen LogP contribution < -0.4 is 0 Å². The molecule has 0 aromatic heterocycles. The van der Waals surface area contributed by atoms with Crippen LogP contribution in [0.1, 0.15) is 116 Å². The number of ketones is 1. The zero-order valence-corrected chi connectivity index (χ0v) is 19.3. The number of carbonyl (C=O) groups is 1. The summed E-state index contributed by atoms with van der Waals surface area (Å²) in [6.07, 6.45) is 22.6. The molecule has 0 saturated heterocycles. The lowest BCUT2D eigenvalue weighted by molar-refractivity contribution is -0.870. The molecule has 0 rings (SSSR count). The van der Waals surface area contributed by atoms with E-state index in [9.17, 15) is 4.79 Å². The summed E-state index contributed by atoms with van der Waals surface area (Å²) >= 11 is 0. The fourth-order valence-electron chi connectivity index (χ4n) is 3.56. The molecular formula is C25H50NO+. The summed E-state index contributed by atoms with van der Waals surface area (Å²) in [5.74, 6) is 0.245. The van der Waals surface area contributed by atoms with E-state index in [1.807, 2.05) is 6.92 Å². The monoisotopic (exact) mass is 380 g/mol. The number of Topliss-reactive ketones (excluding diaryl/α,β-unsaturated/α-hetero) is 1. The van der Waals surface area contributed by atoms with Gasteiger partial charge >= 0.3 is 0 Å². The second-order valence-corrected chi connectivity index (χ2v) is 9.62. The Kier molecular flexibility index (Phi) is 17.1. The third-order valence-corrected chi connectivity index (χ3v) is 5.46. The van der Waals surface area contributed by atoms with E-state index in [2.05, 4.69) is 27.7 Å². The minimum absolute atomic E-state index is 0.245. The van der Waals surface area contributed by atoms with Gasteiger partial charge in [-0.05, 0) is 31.8 Å². The first-order valence-corrected chi connectivity index (χ1v) is 11.8. The maximum Gasteiger partial charge on any atom is 0.157 e. The number of quaternary nitrogens is 1. The second kappa shape index (κ2) is 17.5. The van der Waals surface area contributed by atoms with E-state index < -0.39 is 0 Å². The van der Waals surface area contributed by atoms with Crippen LogP contribution in [0.2, 0.25) is 0 Å². The predicted octanol–water partition coefficient (Wildman–Crippen LogP) is 7.47. The molecule has 0 aromatic rings. The van der Waals surface area contributed by atoms with Crippen molar-refractivity contribution in [2.24, 2.45) is 0 Å². The first kappa shape index (κ1) is 26.4. The average molecular weight is 381 g/mol. The number of allylic oxidation sites excluding steroid dienone is 1. The molecule has 0 unspecified atom stereocenters. The second-order valence-electron chi connectivity index (χ2n) is 9.62. The van der Waals surface area contributed by atoms with Gasteiger partial charge in [-0.2, -0.15) is 0 Å². The molecule has 0 saturated carbocycles. The standard InChI is InChI=1S/C25H50NO/c1-24(2)25(27)22-20-18-16-14-12-10-8-6-7-9-11-13-15-17-19-21-23-26(3,4)5/h1,6-23H2,2-5H3/q+1. The van der Waals surface area contributed by atoms with Gasteiger partial charge in [0.25, 0.3) is 0 Å². The molecule has 27 heavy (non-hydrogen) atoms. The molecule has 160 valence electrons. The molecule has 0 bridgehead atoms. The number of carbonyl (C=O) groups excluding carboxylic acids is 1. The van der Waals surface area contributed by atoms with Crippen LogP contribution in [0.5, 0.6) is 0 Å². The normalized spacial score (nSPS) is 11.7. The van der Waals surface area contributed by atoms with E-state index in [-0.39, 0.29) is 5.78 Å². The maximum atomic E-state index is 11.4. The van der Waals surface area contributed by atoms with Crippen LogP contribution in [0, 0.1) is 0 Å².